The third kappa shape index (κ3) is 15.1. The quantitative estimate of drug-likeness (QED) is 0.0354. The fourth-order valence-corrected chi connectivity index (χ4v) is 10.8. The molecule has 0 atom stereocenters. The van der Waals surface area contributed by atoms with E-state index >= 15 is 0 Å². The Morgan fingerprint density at radius 3 is 0.738 bits per heavy atom. The lowest BCUT2D eigenvalue weighted by molar-refractivity contribution is -0.0180. The molecule has 316 valence electrons. The van der Waals surface area contributed by atoms with Crippen molar-refractivity contribution in [1.29, 1.82) is 0 Å². The minimum absolute atomic E-state index is 0.158. The average Bonchev–Trinajstić information content (AvgIpc) is 3.31. The summed E-state index contributed by atoms with van der Waals surface area (Å²) in [5, 5.41) is 7.34. The first-order chi connectivity index (χ1) is 30.2. The first-order valence-electron chi connectivity index (χ1n) is 20.4. The SMILES string of the molecule is O=C(OCCOCCOCCOCCOCCOCCOC(=O)c1ccc(P(c2ccccc2)c2ccccc2)cc1)c1ccc(P(c2ccccc2)c2ccccc2)cc1. The van der Waals surface area contributed by atoms with Crippen LogP contribution in [0.4, 0.5) is 0 Å². The topological polar surface area (TPSA) is 98.8 Å². The molecule has 9 nitrogen and oxygen atoms in total. The van der Waals surface area contributed by atoms with E-state index in [9.17, 15) is 9.59 Å². The smallest absolute Gasteiger partial charge is 0.338 e. The van der Waals surface area contributed by atoms with E-state index in [4.69, 9.17) is 33.2 Å². The highest BCUT2D eigenvalue weighted by Gasteiger charge is 2.19. The highest BCUT2D eigenvalue weighted by atomic mass is 31.1. The number of carbonyl (C=O) groups is 2. The summed E-state index contributed by atoms with van der Waals surface area (Å²) in [6, 6.07) is 57.1. The number of carbonyl (C=O) groups excluding carboxylic acids is 2. The van der Waals surface area contributed by atoms with Crippen LogP contribution >= 0.6 is 15.8 Å². The molecule has 6 aromatic carbocycles. The summed E-state index contributed by atoms with van der Waals surface area (Å²) >= 11 is 0. The molecule has 0 aromatic heterocycles. The summed E-state index contributed by atoms with van der Waals surface area (Å²) in [5.74, 6) is -0.754. The van der Waals surface area contributed by atoms with Crippen LogP contribution in [0.5, 0.6) is 0 Å². The molecule has 0 N–H and O–H groups in total. The molecule has 11 heteroatoms. The summed E-state index contributed by atoms with van der Waals surface area (Å²) < 4.78 is 38.6. The third-order valence-corrected chi connectivity index (χ3v) is 14.1. The van der Waals surface area contributed by atoms with E-state index in [0.29, 0.717) is 64.0 Å². The van der Waals surface area contributed by atoms with Crippen molar-refractivity contribution in [2.24, 2.45) is 0 Å². The van der Waals surface area contributed by atoms with Crippen LogP contribution in [-0.4, -0.2) is 91.2 Å². The van der Waals surface area contributed by atoms with Gasteiger partial charge in [0.05, 0.1) is 77.2 Å². The second-order valence-electron chi connectivity index (χ2n) is 13.4. The van der Waals surface area contributed by atoms with Crippen molar-refractivity contribution >= 4 is 59.6 Å². The number of ether oxygens (including phenoxy) is 7. The molecule has 61 heavy (non-hydrogen) atoms. The minimum atomic E-state index is -0.736. The number of benzene rings is 6. The van der Waals surface area contributed by atoms with Crippen molar-refractivity contribution in [2.45, 2.75) is 0 Å². The van der Waals surface area contributed by atoms with Crippen molar-refractivity contribution in [2.75, 3.05) is 79.3 Å². The van der Waals surface area contributed by atoms with Crippen molar-refractivity contribution in [3.8, 4) is 0 Å². The summed E-state index contributed by atoms with van der Waals surface area (Å²) in [5.41, 5.74) is 1.02. The van der Waals surface area contributed by atoms with Crippen molar-refractivity contribution in [1.82, 2.24) is 0 Å². The Labute approximate surface area is 361 Å². The molecule has 6 aromatic rings. The fraction of sp³-hybridized carbons (Fsp3) is 0.240. The molecule has 0 bridgehead atoms. The largest absolute Gasteiger partial charge is 0.460 e. The van der Waals surface area contributed by atoms with Crippen LogP contribution in [0.25, 0.3) is 0 Å². The Balaban J connectivity index is 0.731. The predicted molar refractivity (Wildman–Crippen MR) is 245 cm³/mol. The maximum atomic E-state index is 12.6. The molecule has 0 amide bonds. The van der Waals surface area contributed by atoms with Gasteiger partial charge in [0, 0.05) is 0 Å². The van der Waals surface area contributed by atoms with Gasteiger partial charge in [0.15, 0.2) is 0 Å². The Morgan fingerprint density at radius 2 is 0.492 bits per heavy atom. The van der Waals surface area contributed by atoms with Crippen molar-refractivity contribution in [3.63, 3.8) is 0 Å². The van der Waals surface area contributed by atoms with E-state index in [1.54, 1.807) is 0 Å². The Morgan fingerprint density at radius 1 is 0.279 bits per heavy atom. The standard InChI is InChI=1S/C50H52O9P2/c51-49(41-21-25-47(26-22-41)60(43-13-5-1-6-14-43)44-15-7-2-8-16-44)58-39-37-56-35-33-54-31-29-53-30-32-55-34-36-57-38-40-59-50(52)42-23-27-48(28-24-42)61(45-17-9-3-10-18-45)46-19-11-4-12-20-46/h1-28H,29-40H2. The molecule has 0 spiro atoms. The van der Waals surface area contributed by atoms with Crippen molar-refractivity contribution in [3.05, 3.63) is 181 Å². The maximum absolute atomic E-state index is 12.6. The van der Waals surface area contributed by atoms with Crippen LogP contribution in [0.1, 0.15) is 20.7 Å². The van der Waals surface area contributed by atoms with Crippen LogP contribution in [0.3, 0.4) is 0 Å². The summed E-state index contributed by atoms with van der Waals surface area (Å²) in [7, 11) is -1.47. The van der Waals surface area contributed by atoms with Crippen LogP contribution in [0, 0.1) is 0 Å². The Kier molecular flexibility index (Phi) is 19.6. The Bertz CT molecular complexity index is 1890. The van der Waals surface area contributed by atoms with Gasteiger partial charge in [-0.05, 0) is 71.9 Å². The molecule has 0 saturated carbocycles. The van der Waals surface area contributed by atoms with Gasteiger partial charge in [0.1, 0.15) is 13.2 Å². The molecule has 0 heterocycles. The fourth-order valence-electron chi connectivity index (χ4n) is 6.23. The molecule has 0 fully saturated rings. The highest BCUT2D eigenvalue weighted by Crippen LogP contribution is 2.33. The Hall–Kier alpha value is -5.08. The van der Waals surface area contributed by atoms with Gasteiger partial charge in [0.25, 0.3) is 0 Å². The third-order valence-electron chi connectivity index (χ3n) is 9.19. The highest BCUT2D eigenvalue weighted by molar-refractivity contribution is 7.80. The zero-order chi connectivity index (χ0) is 42.2. The summed E-state index contributed by atoms with van der Waals surface area (Å²) in [4.78, 5) is 25.3. The lowest BCUT2D eigenvalue weighted by Crippen LogP contribution is -2.21. The molecule has 6 rings (SSSR count). The predicted octanol–water partition coefficient (Wildman–Crippen LogP) is 6.30. The summed E-state index contributed by atoms with van der Waals surface area (Å²) in [6.45, 7) is 4.19. The van der Waals surface area contributed by atoms with Gasteiger partial charge in [0.2, 0.25) is 0 Å². The van der Waals surface area contributed by atoms with Gasteiger partial charge >= 0.3 is 11.9 Å². The van der Waals surface area contributed by atoms with E-state index in [1.807, 2.05) is 72.8 Å². The lowest BCUT2D eigenvalue weighted by Gasteiger charge is -2.19. The first-order valence-corrected chi connectivity index (χ1v) is 23.1. The van der Waals surface area contributed by atoms with Gasteiger partial charge in [-0.15, -0.1) is 0 Å². The average molecular weight is 859 g/mol. The van der Waals surface area contributed by atoms with E-state index < -0.39 is 15.8 Å². The second-order valence-corrected chi connectivity index (χ2v) is 17.9. The molecule has 0 unspecified atom stereocenters. The van der Waals surface area contributed by atoms with E-state index in [-0.39, 0.29) is 38.4 Å². The molecular weight excluding hydrogens is 806 g/mol. The molecule has 0 aliphatic carbocycles. The lowest BCUT2D eigenvalue weighted by atomic mass is 10.2. The normalized spacial score (nSPS) is 11.2. The van der Waals surface area contributed by atoms with E-state index in [2.05, 4.69) is 97.1 Å². The zero-order valence-electron chi connectivity index (χ0n) is 34.2. The maximum Gasteiger partial charge on any atom is 0.338 e. The van der Waals surface area contributed by atoms with Crippen LogP contribution in [-0.2, 0) is 33.2 Å². The summed E-state index contributed by atoms with van der Waals surface area (Å²) in [6.07, 6.45) is 0. The number of rotatable bonds is 26. The monoisotopic (exact) mass is 858 g/mol. The van der Waals surface area contributed by atoms with Crippen molar-refractivity contribution < 1.29 is 42.7 Å². The minimum Gasteiger partial charge on any atom is -0.460 e. The zero-order valence-corrected chi connectivity index (χ0v) is 36.0. The molecular formula is C50H52O9P2. The molecule has 0 radical (unpaired) electrons. The first kappa shape index (κ1) is 45.4. The molecule has 0 aliphatic heterocycles. The number of esters is 2. The number of hydrogen-bond donors (Lipinski definition) is 0. The number of hydrogen-bond acceptors (Lipinski definition) is 9. The van der Waals surface area contributed by atoms with Gasteiger partial charge in [-0.25, -0.2) is 9.59 Å². The van der Waals surface area contributed by atoms with E-state index in [0.717, 1.165) is 10.6 Å². The van der Waals surface area contributed by atoms with Crippen LogP contribution < -0.4 is 31.8 Å². The van der Waals surface area contributed by atoms with Crippen LogP contribution in [0.2, 0.25) is 0 Å². The van der Waals surface area contributed by atoms with Gasteiger partial charge in [-0.3, -0.25) is 0 Å². The van der Waals surface area contributed by atoms with Gasteiger partial charge in [-0.1, -0.05) is 146 Å². The molecule has 0 saturated heterocycles. The second kappa shape index (κ2) is 26.3. The molecule has 0 aliphatic rings. The van der Waals surface area contributed by atoms with Gasteiger partial charge in [-0.2, -0.15) is 0 Å². The van der Waals surface area contributed by atoms with Crippen LogP contribution in [0.15, 0.2) is 170 Å². The van der Waals surface area contributed by atoms with E-state index in [1.165, 1.54) is 21.2 Å². The van der Waals surface area contributed by atoms with Gasteiger partial charge < -0.3 is 33.2 Å².